The Morgan fingerprint density at radius 1 is 1.03 bits per heavy atom. The smallest absolute Gasteiger partial charge is 0.306 e. The van der Waals surface area contributed by atoms with Crippen LogP contribution in [0.1, 0.15) is 25.3 Å². The first kappa shape index (κ1) is 24.5. The summed E-state index contributed by atoms with van der Waals surface area (Å²) in [6, 6.07) is 14.0. The molecule has 0 aromatic heterocycles. The third kappa shape index (κ3) is 7.45. The molecular formula is C22H27FN2O5S. The topological polar surface area (TPSA) is 84.0 Å². The fourth-order valence-corrected chi connectivity index (χ4v) is 4.05. The van der Waals surface area contributed by atoms with Gasteiger partial charge in [-0.3, -0.25) is 9.59 Å². The van der Waals surface area contributed by atoms with Crippen LogP contribution in [0.2, 0.25) is 0 Å². The quantitative estimate of drug-likeness (QED) is 0.492. The van der Waals surface area contributed by atoms with Gasteiger partial charge in [0.1, 0.15) is 5.82 Å². The molecule has 0 bridgehead atoms. The van der Waals surface area contributed by atoms with Crippen molar-refractivity contribution in [2.24, 2.45) is 0 Å². The Bertz CT molecular complexity index is 965. The number of ether oxygens (including phenoxy) is 1. The molecule has 9 heteroatoms. The molecular weight excluding hydrogens is 423 g/mol. The van der Waals surface area contributed by atoms with Crippen LogP contribution in [-0.2, 0) is 30.9 Å². The van der Waals surface area contributed by atoms with E-state index >= 15 is 0 Å². The molecule has 0 spiro atoms. The summed E-state index contributed by atoms with van der Waals surface area (Å²) in [4.78, 5) is 25.8. The number of carbonyl (C=O) groups excluding carboxylic acids is 2. The Hall–Kier alpha value is -2.78. The molecule has 2 aromatic rings. The van der Waals surface area contributed by atoms with Crippen LogP contribution < -0.4 is 0 Å². The van der Waals surface area contributed by atoms with Gasteiger partial charge < -0.3 is 9.64 Å². The van der Waals surface area contributed by atoms with Crippen molar-refractivity contribution >= 4 is 21.9 Å². The van der Waals surface area contributed by atoms with E-state index in [0.29, 0.717) is 13.1 Å². The average molecular weight is 451 g/mol. The third-order valence-corrected chi connectivity index (χ3v) is 6.55. The number of sulfonamides is 1. The Kier molecular flexibility index (Phi) is 9.14. The maximum Gasteiger partial charge on any atom is 0.306 e. The summed E-state index contributed by atoms with van der Waals surface area (Å²) < 4.78 is 44.0. The number of esters is 1. The minimum atomic E-state index is -3.77. The summed E-state index contributed by atoms with van der Waals surface area (Å²) in [5.41, 5.74) is 0.981. The van der Waals surface area contributed by atoms with Gasteiger partial charge in [-0.15, -0.1) is 0 Å². The minimum absolute atomic E-state index is 0.0253. The van der Waals surface area contributed by atoms with Gasteiger partial charge in [0.05, 0.1) is 4.90 Å². The zero-order chi connectivity index (χ0) is 22.9. The molecule has 0 aliphatic heterocycles. The molecule has 0 aliphatic carbocycles. The van der Waals surface area contributed by atoms with E-state index in [1.54, 1.807) is 4.90 Å². The van der Waals surface area contributed by atoms with E-state index in [9.17, 15) is 22.4 Å². The first-order valence-corrected chi connectivity index (χ1v) is 11.4. The minimum Gasteiger partial charge on any atom is -0.456 e. The lowest BCUT2D eigenvalue weighted by Crippen LogP contribution is -2.34. The van der Waals surface area contributed by atoms with Crippen LogP contribution in [0.25, 0.3) is 0 Å². The number of rotatable bonds is 11. The third-order valence-electron chi connectivity index (χ3n) is 4.68. The van der Waals surface area contributed by atoms with Crippen LogP contribution in [-0.4, -0.2) is 56.2 Å². The number of amides is 1. The molecule has 2 rings (SSSR count). The number of nitrogens with zero attached hydrogens (tertiary/aromatic N) is 2. The lowest BCUT2D eigenvalue weighted by molar-refractivity contribution is -0.152. The molecule has 1 amide bonds. The van der Waals surface area contributed by atoms with Crippen LogP contribution in [0.5, 0.6) is 0 Å². The number of likely N-dealkylation sites (N-methyl/N-ethyl adjacent to an activating group) is 1. The maximum absolute atomic E-state index is 13.0. The van der Waals surface area contributed by atoms with Crippen molar-refractivity contribution in [1.29, 1.82) is 0 Å². The fourth-order valence-electron chi connectivity index (χ4n) is 2.84. The van der Waals surface area contributed by atoms with Crippen LogP contribution in [0.3, 0.4) is 0 Å². The van der Waals surface area contributed by atoms with Gasteiger partial charge in [-0.25, -0.2) is 17.1 Å². The van der Waals surface area contributed by atoms with Gasteiger partial charge in [-0.2, -0.15) is 0 Å². The van der Waals surface area contributed by atoms with Gasteiger partial charge >= 0.3 is 5.97 Å². The predicted octanol–water partition coefficient (Wildman–Crippen LogP) is 2.82. The zero-order valence-electron chi connectivity index (χ0n) is 17.7. The predicted molar refractivity (Wildman–Crippen MR) is 114 cm³/mol. The van der Waals surface area contributed by atoms with E-state index in [2.05, 4.69) is 0 Å². The van der Waals surface area contributed by atoms with Gasteiger partial charge in [0.15, 0.2) is 6.61 Å². The SMILES string of the molecule is CCN(Cc1ccccc1)C(=O)COC(=O)CCCN(C)S(=O)(=O)c1ccc(F)cc1. The van der Waals surface area contributed by atoms with Crippen molar-refractivity contribution in [1.82, 2.24) is 9.21 Å². The van der Waals surface area contributed by atoms with Crippen molar-refractivity contribution in [2.45, 2.75) is 31.2 Å². The Balaban J connectivity index is 1.75. The van der Waals surface area contributed by atoms with Gasteiger partial charge in [-0.05, 0) is 43.2 Å². The van der Waals surface area contributed by atoms with E-state index < -0.39 is 21.8 Å². The summed E-state index contributed by atoms with van der Waals surface area (Å²) in [5.74, 6) is -1.39. The van der Waals surface area contributed by atoms with E-state index in [-0.39, 0.29) is 36.8 Å². The molecule has 0 saturated heterocycles. The average Bonchev–Trinajstić information content (AvgIpc) is 2.76. The van der Waals surface area contributed by atoms with Crippen LogP contribution >= 0.6 is 0 Å². The molecule has 0 saturated carbocycles. The highest BCUT2D eigenvalue weighted by Crippen LogP contribution is 2.15. The maximum atomic E-state index is 13.0. The standard InChI is InChI=1S/C22H27FN2O5S/c1-3-25(16-18-8-5-4-6-9-18)21(26)17-30-22(27)10-7-15-24(2)31(28,29)20-13-11-19(23)12-14-20/h4-6,8-9,11-14H,3,7,10,15-17H2,1-2H3. The summed E-state index contributed by atoms with van der Waals surface area (Å²) >= 11 is 0. The second-order valence-corrected chi connectivity index (χ2v) is 8.98. The Morgan fingerprint density at radius 2 is 1.68 bits per heavy atom. The summed E-state index contributed by atoms with van der Waals surface area (Å²) in [6.07, 6.45) is 0.201. The van der Waals surface area contributed by atoms with Crippen molar-refractivity contribution in [3.63, 3.8) is 0 Å². The summed E-state index contributed by atoms with van der Waals surface area (Å²) in [5, 5.41) is 0. The van der Waals surface area contributed by atoms with Crippen molar-refractivity contribution in [2.75, 3.05) is 26.7 Å². The highest BCUT2D eigenvalue weighted by atomic mass is 32.2. The van der Waals surface area contributed by atoms with E-state index in [0.717, 1.165) is 22.0 Å². The second-order valence-electron chi connectivity index (χ2n) is 6.94. The van der Waals surface area contributed by atoms with E-state index in [1.165, 1.54) is 19.2 Å². The molecule has 168 valence electrons. The number of hydrogen-bond acceptors (Lipinski definition) is 5. The van der Waals surface area contributed by atoms with Crippen molar-refractivity contribution in [3.05, 3.63) is 66.0 Å². The molecule has 0 heterocycles. The van der Waals surface area contributed by atoms with Crippen LogP contribution in [0, 0.1) is 5.82 Å². The molecule has 0 radical (unpaired) electrons. The monoisotopic (exact) mass is 450 g/mol. The number of hydrogen-bond donors (Lipinski definition) is 0. The number of benzene rings is 2. The number of halogens is 1. The van der Waals surface area contributed by atoms with Crippen molar-refractivity contribution in [3.8, 4) is 0 Å². The zero-order valence-corrected chi connectivity index (χ0v) is 18.5. The largest absolute Gasteiger partial charge is 0.456 e. The first-order valence-electron chi connectivity index (χ1n) is 9.93. The second kappa shape index (κ2) is 11.6. The van der Waals surface area contributed by atoms with E-state index in [4.69, 9.17) is 4.74 Å². The van der Waals surface area contributed by atoms with Gasteiger partial charge in [0.25, 0.3) is 5.91 Å². The normalized spacial score (nSPS) is 11.4. The molecule has 0 N–H and O–H groups in total. The number of carbonyl (C=O) groups is 2. The molecule has 0 aliphatic rings. The van der Waals surface area contributed by atoms with Crippen LogP contribution in [0.4, 0.5) is 4.39 Å². The molecule has 2 aromatic carbocycles. The van der Waals surface area contributed by atoms with Gasteiger partial charge in [0.2, 0.25) is 10.0 Å². The van der Waals surface area contributed by atoms with Crippen molar-refractivity contribution < 1.29 is 27.1 Å². The molecule has 0 unspecified atom stereocenters. The summed E-state index contributed by atoms with van der Waals surface area (Å²) in [7, 11) is -2.38. The Morgan fingerprint density at radius 3 is 2.29 bits per heavy atom. The fraction of sp³-hybridized carbons (Fsp3) is 0.364. The highest BCUT2D eigenvalue weighted by molar-refractivity contribution is 7.89. The molecule has 7 nitrogen and oxygen atoms in total. The summed E-state index contributed by atoms with van der Waals surface area (Å²) in [6.45, 7) is 2.48. The van der Waals surface area contributed by atoms with Crippen LogP contribution in [0.15, 0.2) is 59.5 Å². The first-order chi connectivity index (χ1) is 14.7. The van der Waals surface area contributed by atoms with Gasteiger partial charge in [0, 0.05) is 33.1 Å². The lowest BCUT2D eigenvalue weighted by atomic mass is 10.2. The highest BCUT2D eigenvalue weighted by Gasteiger charge is 2.21. The van der Waals surface area contributed by atoms with Gasteiger partial charge in [-0.1, -0.05) is 30.3 Å². The molecule has 0 fully saturated rings. The molecule has 31 heavy (non-hydrogen) atoms. The Labute approximate surface area is 182 Å². The van der Waals surface area contributed by atoms with E-state index in [1.807, 2.05) is 37.3 Å². The molecule has 0 atom stereocenters. The lowest BCUT2D eigenvalue weighted by Gasteiger charge is -2.21.